The summed E-state index contributed by atoms with van der Waals surface area (Å²) >= 11 is 0. The van der Waals surface area contributed by atoms with Gasteiger partial charge in [0, 0.05) is 0 Å². The van der Waals surface area contributed by atoms with Crippen LogP contribution in [0.25, 0.3) is 0 Å². The van der Waals surface area contributed by atoms with Gasteiger partial charge in [-0.15, -0.1) is 5.10 Å². The van der Waals surface area contributed by atoms with E-state index in [1.807, 2.05) is 0 Å². The van der Waals surface area contributed by atoms with Crippen LogP contribution in [-0.4, -0.2) is 33.7 Å². The van der Waals surface area contributed by atoms with E-state index < -0.39 is 5.41 Å². The first-order valence-electron chi connectivity index (χ1n) is 4.55. The van der Waals surface area contributed by atoms with Gasteiger partial charge in [0.15, 0.2) is 0 Å². The average Bonchev–Trinajstić information content (AvgIpc) is 2.92. The second kappa shape index (κ2) is 2.36. The molecule has 0 radical (unpaired) electrons. The summed E-state index contributed by atoms with van der Waals surface area (Å²) in [6.45, 7) is 0. The Kier molecular flexibility index (Phi) is 1.32. The first-order valence-corrected chi connectivity index (χ1v) is 4.55. The highest BCUT2D eigenvalue weighted by molar-refractivity contribution is 6.16. The Labute approximate surface area is 84.4 Å². The number of carbonyl (C=O) groups excluding carboxylic acids is 2. The van der Waals surface area contributed by atoms with E-state index in [4.69, 9.17) is 4.74 Å². The fourth-order valence-corrected chi connectivity index (χ4v) is 1.69. The third kappa shape index (κ3) is 0.893. The van der Waals surface area contributed by atoms with Crippen LogP contribution in [0.1, 0.15) is 17.6 Å². The SMILES string of the molecule is COc1nc2n(n1)C(=O)C1(CC1)C(=O)N2. The van der Waals surface area contributed by atoms with Gasteiger partial charge in [-0.05, 0) is 12.8 Å². The van der Waals surface area contributed by atoms with E-state index in [2.05, 4.69) is 15.4 Å². The van der Waals surface area contributed by atoms with Crippen molar-refractivity contribution in [1.82, 2.24) is 14.8 Å². The van der Waals surface area contributed by atoms with E-state index >= 15 is 0 Å². The predicted octanol–water partition coefficient (Wildman–Crippen LogP) is -0.341. The molecule has 1 fully saturated rings. The van der Waals surface area contributed by atoms with Gasteiger partial charge in [-0.1, -0.05) is 0 Å². The van der Waals surface area contributed by atoms with Crippen molar-refractivity contribution in [3.63, 3.8) is 0 Å². The molecule has 1 aromatic heterocycles. The lowest BCUT2D eigenvalue weighted by molar-refractivity contribution is -0.120. The first kappa shape index (κ1) is 8.39. The molecule has 3 rings (SSSR count). The Hall–Kier alpha value is -1.92. The maximum absolute atomic E-state index is 11.9. The molecule has 1 aliphatic heterocycles. The predicted molar refractivity (Wildman–Crippen MR) is 47.5 cm³/mol. The molecular weight excluding hydrogens is 200 g/mol. The number of nitrogens with zero attached hydrogens (tertiary/aromatic N) is 3. The average molecular weight is 208 g/mol. The lowest BCUT2D eigenvalue weighted by Crippen LogP contribution is -2.41. The summed E-state index contributed by atoms with van der Waals surface area (Å²) in [6.07, 6.45) is 1.17. The zero-order chi connectivity index (χ0) is 10.6. The lowest BCUT2D eigenvalue weighted by atomic mass is 10.0. The second-order valence-electron chi connectivity index (χ2n) is 3.68. The van der Waals surface area contributed by atoms with Crippen LogP contribution < -0.4 is 10.1 Å². The Balaban J connectivity index is 2.12. The number of rotatable bonds is 1. The molecular formula is C8H8N4O3. The number of fused-ring (bicyclic) bond motifs is 1. The van der Waals surface area contributed by atoms with Crippen molar-refractivity contribution in [3.8, 4) is 6.01 Å². The Morgan fingerprint density at radius 1 is 1.47 bits per heavy atom. The smallest absolute Gasteiger partial charge is 0.337 e. The summed E-state index contributed by atoms with van der Waals surface area (Å²) in [4.78, 5) is 27.3. The van der Waals surface area contributed by atoms with Gasteiger partial charge in [0.05, 0.1) is 7.11 Å². The molecule has 1 amide bonds. The quantitative estimate of drug-likeness (QED) is 0.638. The third-order valence-electron chi connectivity index (χ3n) is 2.78. The fourth-order valence-electron chi connectivity index (χ4n) is 1.69. The molecule has 1 N–H and O–H groups in total. The molecule has 2 heterocycles. The van der Waals surface area contributed by atoms with Crippen molar-refractivity contribution in [1.29, 1.82) is 0 Å². The lowest BCUT2D eigenvalue weighted by Gasteiger charge is -2.18. The van der Waals surface area contributed by atoms with Crippen LogP contribution in [0.3, 0.4) is 0 Å². The summed E-state index contributed by atoms with van der Waals surface area (Å²) in [5, 5.41) is 6.39. The number of nitrogens with one attached hydrogen (secondary N) is 1. The number of hydrogen-bond acceptors (Lipinski definition) is 5. The molecule has 0 atom stereocenters. The fraction of sp³-hybridized carbons (Fsp3) is 0.500. The van der Waals surface area contributed by atoms with Gasteiger partial charge in [-0.3, -0.25) is 14.9 Å². The van der Waals surface area contributed by atoms with E-state index in [0.717, 1.165) is 4.68 Å². The van der Waals surface area contributed by atoms with Crippen LogP contribution in [0.2, 0.25) is 0 Å². The molecule has 0 bridgehead atoms. The van der Waals surface area contributed by atoms with E-state index in [1.165, 1.54) is 7.11 Å². The van der Waals surface area contributed by atoms with E-state index in [0.29, 0.717) is 12.8 Å². The molecule has 78 valence electrons. The standard InChI is InChI=1S/C8H8N4O3/c1-15-7-10-6-9-4(13)8(2-3-8)5(14)12(6)11-7/h2-3H2,1H3,(H,9,10,11,13). The summed E-state index contributed by atoms with van der Waals surface area (Å²) in [5.74, 6) is -0.452. The van der Waals surface area contributed by atoms with Crippen LogP contribution in [0.15, 0.2) is 0 Å². The normalized spacial score (nSPS) is 21.1. The summed E-state index contributed by atoms with van der Waals surface area (Å²) < 4.78 is 5.90. The van der Waals surface area contributed by atoms with Gasteiger partial charge in [0.2, 0.25) is 11.9 Å². The van der Waals surface area contributed by atoms with Crippen LogP contribution in [0, 0.1) is 5.41 Å². The largest absolute Gasteiger partial charge is 0.466 e. The highest BCUT2D eigenvalue weighted by atomic mass is 16.5. The van der Waals surface area contributed by atoms with Crippen LogP contribution in [-0.2, 0) is 4.79 Å². The summed E-state index contributed by atoms with van der Waals surface area (Å²) in [6, 6.07) is 0.0800. The second-order valence-corrected chi connectivity index (χ2v) is 3.68. The van der Waals surface area contributed by atoms with Gasteiger partial charge in [0.1, 0.15) is 5.41 Å². The van der Waals surface area contributed by atoms with E-state index in [-0.39, 0.29) is 23.8 Å². The van der Waals surface area contributed by atoms with Gasteiger partial charge >= 0.3 is 6.01 Å². The monoisotopic (exact) mass is 208 g/mol. The number of methoxy groups -OCH3 is 1. The number of anilines is 1. The maximum atomic E-state index is 11.9. The van der Waals surface area contributed by atoms with Gasteiger partial charge in [0.25, 0.3) is 5.91 Å². The van der Waals surface area contributed by atoms with Crippen molar-refractivity contribution < 1.29 is 14.3 Å². The van der Waals surface area contributed by atoms with Crippen molar-refractivity contribution in [2.45, 2.75) is 12.8 Å². The number of aromatic nitrogens is 3. The molecule has 0 aromatic carbocycles. The number of amides is 1. The topological polar surface area (TPSA) is 86.1 Å². The Bertz CT molecular complexity index is 474. The number of hydrogen-bond donors (Lipinski definition) is 1. The van der Waals surface area contributed by atoms with Crippen molar-refractivity contribution >= 4 is 17.8 Å². The van der Waals surface area contributed by atoms with Gasteiger partial charge in [-0.2, -0.15) is 9.67 Å². The third-order valence-corrected chi connectivity index (χ3v) is 2.78. The molecule has 0 unspecified atom stereocenters. The molecule has 1 saturated carbocycles. The van der Waals surface area contributed by atoms with Crippen LogP contribution in [0.4, 0.5) is 5.95 Å². The van der Waals surface area contributed by atoms with E-state index in [9.17, 15) is 9.59 Å². The minimum absolute atomic E-state index is 0.0800. The van der Waals surface area contributed by atoms with Gasteiger partial charge < -0.3 is 4.74 Å². The number of carbonyl (C=O) groups is 2. The number of ether oxygens (including phenoxy) is 1. The molecule has 1 spiro atoms. The minimum atomic E-state index is -0.883. The zero-order valence-corrected chi connectivity index (χ0v) is 7.98. The molecule has 2 aliphatic rings. The summed E-state index contributed by atoms with van der Waals surface area (Å²) in [7, 11) is 1.40. The van der Waals surface area contributed by atoms with Crippen LogP contribution in [0.5, 0.6) is 6.01 Å². The van der Waals surface area contributed by atoms with Crippen molar-refractivity contribution in [2.75, 3.05) is 12.4 Å². The maximum Gasteiger partial charge on any atom is 0.337 e. The molecule has 0 saturated heterocycles. The minimum Gasteiger partial charge on any atom is -0.466 e. The Morgan fingerprint density at radius 3 is 2.80 bits per heavy atom. The molecule has 7 nitrogen and oxygen atoms in total. The van der Waals surface area contributed by atoms with Crippen LogP contribution >= 0.6 is 0 Å². The van der Waals surface area contributed by atoms with E-state index in [1.54, 1.807) is 0 Å². The molecule has 1 aromatic rings. The van der Waals surface area contributed by atoms with Crippen molar-refractivity contribution in [3.05, 3.63) is 0 Å². The highest BCUT2D eigenvalue weighted by Crippen LogP contribution is 2.49. The molecule has 15 heavy (non-hydrogen) atoms. The summed E-state index contributed by atoms with van der Waals surface area (Å²) in [5.41, 5.74) is -0.883. The molecule has 1 aliphatic carbocycles. The van der Waals surface area contributed by atoms with Crippen molar-refractivity contribution in [2.24, 2.45) is 5.41 Å². The molecule has 7 heteroatoms. The highest BCUT2D eigenvalue weighted by Gasteiger charge is 2.60. The zero-order valence-electron chi connectivity index (χ0n) is 7.98. The van der Waals surface area contributed by atoms with Gasteiger partial charge in [-0.25, -0.2) is 0 Å². The first-order chi connectivity index (χ1) is 7.17. The Morgan fingerprint density at radius 2 is 2.20 bits per heavy atom.